The minimum atomic E-state index is -0.536. The van der Waals surface area contributed by atoms with Crippen molar-refractivity contribution in [3.8, 4) is 0 Å². The number of hydrogen-bond donors (Lipinski definition) is 1. The zero-order valence-corrected chi connectivity index (χ0v) is 7.59. The molecule has 4 nitrogen and oxygen atoms in total. The fraction of sp³-hybridized carbons (Fsp3) is 0.571. The van der Waals surface area contributed by atoms with Crippen molar-refractivity contribution in [2.24, 2.45) is 4.99 Å². The number of ether oxygens (including phenoxy) is 1. The molecule has 0 amide bonds. The van der Waals surface area contributed by atoms with E-state index in [0.29, 0.717) is 5.88 Å². The van der Waals surface area contributed by atoms with Crippen LogP contribution in [0.4, 0.5) is 4.39 Å². The van der Waals surface area contributed by atoms with Crippen LogP contribution in [0.5, 0.6) is 0 Å². The molecule has 0 atom stereocenters. The maximum Gasteiger partial charge on any atom is 0.281 e. The fourth-order valence-electron chi connectivity index (χ4n) is 0.515. The van der Waals surface area contributed by atoms with Gasteiger partial charge in [0.15, 0.2) is 5.88 Å². The Labute approximate surface area is 71.7 Å². The molecule has 0 aromatic rings. The minimum absolute atomic E-state index is 0.274. The molecule has 70 valence electrons. The highest BCUT2D eigenvalue weighted by molar-refractivity contribution is 5.71. The molecule has 0 unspecified atom stereocenters. The summed E-state index contributed by atoms with van der Waals surface area (Å²) in [7, 11) is 4.44. The minimum Gasteiger partial charge on any atom is -0.483 e. The molecule has 0 fully saturated rings. The third kappa shape index (κ3) is 3.80. The Bertz CT molecular complexity index is 181. The van der Waals surface area contributed by atoms with E-state index in [1.165, 1.54) is 19.1 Å². The van der Waals surface area contributed by atoms with E-state index >= 15 is 0 Å². The molecule has 0 saturated carbocycles. The van der Waals surface area contributed by atoms with Gasteiger partial charge in [-0.25, -0.2) is 4.99 Å². The summed E-state index contributed by atoms with van der Waals surface area (Å²) >= 11 is 0. The van der Waals surface area contributed by atoms with Gasteiger partial charge in [-0.2, -0.15) is 4.39 Å². The quantitative estimate of drug-likeness (QED) is 0.223. The van der Waals surface area contributed by atoms with E-state index in [1.54, 1.807) is 7.05 Å². The van der Waals surface area contributed by atoms with Crippen LogP contribution in [0.25, 0.3) is 0 Å². The molecule has 0 aromatic carbocycles. The fourth-order valence-corrected chi connectivity index (χ4v) is 0.515. The highest BCUT2D eigenvalue weighted by Crippen LogP contribution is 1.89. The summed E-state index contributed by atoms with van der Waals surface area (Å²) in [6.07, 6.45) is -0.536. The molecule has 0 aliphatic carbocycles. The Balaban J connectivity index is 3.71. The Kier molecular flexibility index (Phi) is 4.83. The number of nitrogens with one attached hydrogen (secondary N) is 1. The van der Waals surface area contributed by atoms with Crippen molar-refractivity contribution in [1.82, 2.24) is 10.2 Å². The summed E-state index contributed by atoms with van der Waals surface area (Å²) in [4.78, 5) is 4.65. The highest BCUT2D eigenvalue weighted by atomic mass is 19.1. The van der Waals surface area contributed by atoms with Gasteiger partial charge in [-0.3, -0.25) is 0 Å². The van der Waals surface area contributed by atoms with Gasteiger partial charge in [-0.15, -0.1) is 0 Å². The van der Waals surface area contributed by atoms with Gasteiger partial charge in [-0.05, 0) is 6.58 Å². The Morgan fingerprint density at radius 1 is 1.75 bits per heavy atom. The smallest absolute Gasteiger partial charge is 0.281 e. The standard InChI is InChI=1S/C7H14FN3O/c1-6(12-4)10-5-11(3)7(8)9-2/h10H,1,5H2,2-4H3. The van der Waals surface area contributed by atoms with Crippen LogP contribution in [-0.2, 0) is 4.74 Å². The van der Waals surface area contributed by atoms with Gasteiger partial charge in [0.1, 0.15) is 0 Å². The lowest BCUT2D eigenvalue weighted by Gasteiger charge is -2.16. The van der Waals surface area contributed by atoms with E-state index < -0.39 is 6.09 Å². The molecule has 0 spiro atoms. The van der Waals surface area contributed by atoms with Gasteiger partial charge in [0.05, 0.1) is 13.8 Å². The van der Waals surface area contributed by atoms with Crippen LogP contribution in [0.1, 0.15) is 0 Å². The van der Waals surface area contributed by atoms with Crippen molar-refractivity contribution >= 4 is 6.09 Å². The van der Waals surface area contributed by atoms with E-state index in [2.05, 4.69) is 16.9 Å². The molecule has 0 aliphatic rings. The van der Waals surface area contributed by atoms with Crippen molar-refractivity contribution in [2.45, 2.75) is 0 Å². The van der Waals surface area contributed by atoms with Crippen LogP contribution in [-0.4, -0.2) is 38.9 Å². The first kappa shape index (κ1) is 10.7. The Hall–Kier alpha value is -1.26. The molecule has 0 saturated heterocycles. The van der Waals surface area contributed by atoms with Gasteiger partial charge in [-0.1, -0.05) is 0 Å². The molecule has 5 heteroatoms. The van der Waals surface area contributed by atoms with Crippen LogP contribution in [0.15, 0.2) is 17.5 Å². The third-order valence-corrected chi connectivity index (χ3v) is 1.26. The van der Waals surface area contributed by atoms with Crippen LogP contribution in [0, 0.1) is 0 Å². The summed E-state index contributed by atoms with van der Waals surface area (Å²) in [5.74, 6) is 0.394. The summed E-state index contributed by atoms with van der Waals surface area (Å²) < 4.78 is 17.4. The SMILES string of the molecule is C=C(NCN(C)C(F)=NC)OC. The molecule has 0 rings (SSSR count). The van der Waals surface area contributed by atoms with Gasteiger partial charge in [0.2, 0.25) is 0 Å². The molecule has 12 heavy (non-hydrogen) atoms. The van der Waals surface area contributed by atoms with Crippen LogP contribution >= 0.6 is 0 Å². The molecule has 0 aliphatic heterocycles. The number of amidine groups is 1. The topological polar surface area (TPSA) is 36.9 Å². The number of hydrogen-bond acceptors (Lipinski definition) is 3. The summed E-state index contributed by atoms with van der Waals surface area (Å²) in [5, 5.41) is 2.74. The normalized spacial score (nSPS) is 10.8. The largest absolute Gasteiger partial charge is 0.483 e. The first-order chi connectivity index (χ1) is 5.61. The molecular weight excluding hydrogens is 161 g/mol. The molecule has 0 radical (unpaired) electrons. The lowest BCUT2D eigenvalue weighted by molar-refractivity contribution is 0.248. The number of methoxy groups -OCH3 is 1. The van der Waals surface area contributed by atoms with Gasteiger partial charge in [0.25, 0.3) is 6.09 Å². The molecule has 0 bridgehead atoms. The first-order valence-electron chi connectivity index (χ1n) is 3.42. The van der Waals surface area contributed by atoms with E-state index in [0.717, 1.165) is 0 Å². The van der Waals surface area contributed by atoms with E-state index in [-0.39, 0.29) is 6.67 Å². The van der Waals surface area contributed by atoms with Crippen molar-refractivity contribution in [3.63, 3.8) is 0 Å². The van der Waals surface area contributed by atoms with Crippen LogP contribution in [0.3, 0.4) is 0 Å². The van der Waals surface area contributed by atoms with Crippen molar-refractivity contribution in [1.29, 1.82) is 0 Å². The maximum atomic E-state index is 12.6. The van der Waals surface area contributed by atoms with E-state index in [4.69, 9.17) is 4.74 Å². The van der Waals surface area contributed by atoms with E-state index in [1.807, 2.05) is 0 Å². The van der Waals surface area contributed by atoms with Gasteiger partial charge in [0, 0.05) is 14.1 Å². The highest BCUT2D eigenvalue weighted by Gasteiger charge is 2.02. The average molecular weight is 175 g/mol. The second-order valence-electron chi connectivity index (χ2n) is 2.15. The van der Waals surface area contributed by atoms with Crippen LogP contribution < -0.4 is 5.32 Å². The zero-order valence-electron chi connectivity index (χ0n) is 7.59. The lowest BCUT2D eigenvalue weighted by atomic mass is 10.7. The predicted octanol–water partition coefficient (Wildman–Crippen LogP) is 0.538. The van der Waals surface area contributed by atoms with Crippen molar-refractivity contribution < 1.29 is 9.13 Å². The second-order valence-corrected chi connectivity index (χ2v) is 2.15. The third-order valence-electron chi connectivity index (χ3n) is 1.26. The molecule has 1 N–H and O–H groups in total. The first-order valence-corrected chi connectivity index (χ1v) is 3.42. The molecule has 0 heterocycles. The Morgan fingerprint density at radius 3 is 2.75 bits per heavy atom. The lowest BCUT2D eigenvalue weighted by Crippen LogP contribution is -2.33. The zero-order chi connectivity index (χ0) is 9.56. The predicted molar refractivity (Wildman–Crippen MR) is 46.4 cm³/mol. The summed E-state index contributed by atoms with van der Waals surface area (Å²) in [6, 6.07) is 0. The number of aliphatic imine (C=N–C) groups is 1. The Morgan fingerprint density at radius 2 is 2.33 bits per heavy atom. The van der Waals surface area contributed by atoms with Gasteiger partial charge < -0.3 is 15.0 Å². The average Bonchev–Trinajstić information content (AvgIpc) is 2.11. The number of nitrogens with zero attached hydrogens (tertiary/aromatic N) is 2. The van der Waals surface area contributed by atoms with Crippen molar-refractivity contribution in [3.05, 3.63) is 12.5 Å². The monoisotopic (exact) mass is 175 g/mol. The van der Waals surface area contributed by atoms with E-state index in [9.17, 15) is 4.39 Å². The van der Waals surface area contributed by atoms with Crippen molar-refractivity contribution in [2.75, 3.05) is 27.9 Å². The molecular formula is C7H14FN3O. The molecule has 0 aromatic heterocycles. The number of rotatable bonds is 4. The maximum absolute atomic E-state index is 12.6. The van der Waals surface area contributed by atoms with Gasteiger partial charge >= 0.3 is 0 Å². The summed E-state index contributed by atoms with van der Waals surface area (Å²) in [6.45, 7) is 3.78. The summed E-state index contributed by atoms with van der Waals surface area (Å²) in [5.41, 5.74) is 0. The van der Waals surface area contributed by atoms with Crippen LogP contribution in [0.2, 0.25) is 0 Å². The second kappa shape index (κ2) is 5.40. The number of halogens is 1.